The minimum absolute atomic E-state index is 0.0784. The second-order valence-electron chi connectivity index (χ2n) is 4.89. The van der Waals surface area contributed by atoms with Gasteiger partial charge in [0.25, 0.3) is 0 Å². The molecule has 1 heterocycles. The van der Waals surface area contributed by atoms with Crippen LogP contribution >= 0.6 is 11.3 Å². The van der Waals surface area contributed by atoms with Crippen molar-refractivity contribution in [2.45, 2.75) is 12.3 Å². The Labute approximate surface area is 122 Å². The number of Topliss-reactive ketones (excluding diaryl/α,β-unsaturated/α-hetero) is 1. The van der Waals surface area contributed by atoms with E-state index in [1.807, 2.05) is 6.07 Å². The highest BCUT2D eigenvalue weighted by Crippen LogP contribution is 2.51. The van der Waals surface area contributed by atoms with E-state index in [9.17, 15) is 4.79 Å². The molecular formula is C16H16O3S. The summed E-state index contributed by atoms with van der Waals surface area (Å²) in [5, 5.41) is 2.06. The van der Waals surface area contributed by atoms with Gasteiger partial charge in [-0.15, -0.1) is 11.3 Å². The van der Waals surface area contributed by atoms with Gasteiger partial charge in [-0.05, 0) is 36.1 Å². The summed E-state index contributed by atoms with van der Waals surface area (Å²) in [6.07, 6.45) is 0.930. The molecule has 2 aromatic rings. The predicted octanol–water partition coefficient (Wildman–Crippen LogP) is 3.75. The maximum Gasteiger partial charge on any atom is 0.170 e. The molecule has 0 N–H and O–H groups in total. The average Bonchev–Trinajstić information content (AvgIpc) is 3.11. The number of ether oxygens (including phenoxy) is 2. The summed E-state index contributed by atoms with van der Waals surface area (Å²) in [5.41, 5.74) is 0.621. The van der Waals surface area contributed by atoms with Crippen LogP contribution in [0.4, 0.5) is 0 Å². The van der Waals surface area contributed by atoms with Crippen molar-refractivity contribution in [3.63, 3.8) is 0 Å². The van der Waals surface area contributed by atoms with Crippen molar-refractivity contribution in [3.8, 4) is 11.5 Å². The Hall–Kier alpha value is -1.81. The second-order valence-corrected chi connectivity index (χ2v) is 5.87. The summed E-state index contributed by atoms with van der Waals surface area (Å²) in [5.74, 6) is 1.90. The van der Waals surface area contributed by atoms with Gasteiger partial charge in [0.1, 0.15) is 11.5 Å². The molecule has 1 aliphatic carbocycles. The van der Waals surface area contributed by atoms with Crippen LogP contribution in [0.5, 0.6) is 11.5 Å². The lowest BCUT2D eigenvalue weighted by molar-refractivity contribution is 0.0962. The number of thiophene rings is 1. The van der Waals surface area contributed by atoms with E-state index in [0.29, 0.717) is 23.0 Å². The first-order valence-corrected chi connectivity index (χ1v) is 7.42. The van der Waals surface area contributed by atoms with Crippen molar-refractivity contribution >= 4 is 17.1 Å². The van der Waals surface area contributed by atoms with Crippen molar-refractivity contribution in [1.82, 2.24) is 0 Å². The van der Waals surface area contributed by atoms with Gasteiger partial charge in [0.15, 0.2) is 5.78 Å². The normalized spacial score (nSPS) is 20.5. The van der Waals surface area contributed by atoms with E-state index in [0.717, 1.165) is 6.42 Å². The van der Waals surface area contributed by atoms with Crippen LogP contribution in [0, 0.1) is 5.92 Å². The molecule has 0 radical (unpaired) electrons. The van der Waals surface area contributed by atoms with Gasteiger partial charge in [-0.3, -0.25) is 4.79 Å². The number of hydrogen-bond acceptors (Lipinski definition) is 4. The molecule has 1 saturated carbocycles. The largest absolute Gasteiger partial charge is 0.497 e. The Morgan fingerprint density at radius 3 is 2.75 bits per heavy atom. The topological polar surface area (TPSA) is 35.5 Å². The quantitative estimate of drug-likeness (QED) is 0.786. The second kappa shape index (κ2) is 5.29. The molecule has 104 valence electrons. The fraction of sp³-hybridized carbons (Fsp3) is 0.312. The molecule has 0 bridgehead atoms. The minimum Gasteiger partial charge on any atom is -0.497 e. The summed E-state index contributed by atoms with van der Waals surface area (Å²) in [7, 11) is 3.18. The standard InChI is InChI=1S/C16H16O3S/c1-18-10-5-6-14(19-2)13(8-10)16(17)12-9-11(12)15-4-3-7-20-15/h3-8,11-12H,9H2,1-2H3. The third-order valence-electron chi connectivity index (χ3n) is 3.71. The zero-order chi connectivity index (χ0) is 14.1. The summed E-state index contributed by atoms with van der Waals surface area (Å²) in [6.45, 7) is 0. The minimum atomic E-state index is 0.0784. The van der Waals surface area contributed by atoms with E-state index >= 15 is 0 Å². The van der Waals surface area contributed by atoms with E-state index in [1.165, 1.54) is 4.88 Å². The lowest BCUT2D eigenvalue weighted by atomic mass is 10.0. The Bertz CT molecular complexity index is 619. The molecule has 1 aromatic heterocycles. The molecule has 3 nitrogen and oxygen atoms in total. The van der Waals surface area contributed by atoms with Gasteiger partial charge < -0.3 is 9.47 Å². The lowest BCUT2D eigenvalue weighted by Gasteiger charge is -2.09. The van der Waals surface area contributed by atoms with E-state index in [1.54, 1.807) is 43.8 Å². The smallest absolute Gasteiger partial charge is 0.170 e. The van der Waals surface area contributed by atoms with Crippen LogP contribution in [-0.2, 0) is 0 Å². The van der Waals surface area contributed by atoms with Gasteiger partial charge in [0.05, 0.1) is 19.8 Å². The predicted molar refractivity (Wildman–Crippen MR) is 79.0 cm³/mol. The third kappa shape index (κ3) is 2.31. The number of carbonyl (C=O) groups is 1. The molecule has 4 heteroatoms. The summed E-state index contributed by atoms with van der Waals surface area (Å²) in [4.78, 5) is 13.9. The van der Waals surface area contributed by atoms with Crippen molar-refractivity contribution in [1.29, 1.82) is 0 Å². The average molecular weight is 288 g/mol. The Morgan fingerprint density at radius 2 is 2.10 bits per heavy atom. The van der Waals surface area contributed by atoms with Crippen LogP contribution in [0.15, 0.2) is 35.7 Å². The molecular weight excluding hydrogens is 272 g/mol. The maximum atomic E-state index is 12.6. The summed E-state index contributed by atoms with van der Waals surface area (Å²) >= 11 is 1.72. The number of rotatable bonds is 5. The molecule has 1 fully saturated rings. The molecule has 0 saturated heterocycles. The van der Waals surface area contributed by atoms with Gasteiger partial charge in [-0.2, -0.15) is 0 Å². The monoisotopic (exact) mass is 288 g/mol. The van der Waals surface area contributed by atoms with Crippen molar-refractivity contribution in [3.05, 3.63) is 46.2 Å². The lowest BCUT2D eigenvalue weighted by Crippen LogP contribution is -2.06. The van der Waals surface area contributed by atoms with Crippen LogP contribution in [0.2, 0.25) is 0 Å². The van der Waals surface area contributed by atoms with Gasteiger partial charge in [0, 0.05) is 16.7 Å². The third-order valence-corrected chi connectivity index (χ3v) is 4.71. The first-order chi connectivity index (χ1) is 9.74. The van der Waals surface area contributed by atoms with E-state index in [4.69, 9.17) is 9.47 Å². The van der Waals surface area contributed by atoms with Crippen molar-refractivity contribution in [2.75, 3.05) is 14.2 Å². The molecule has 0 spiro atoms. The Kier molecular flexibility index (Phi) is 3.49. The molecule has 1 aliphatic rings. The van der Waals surface area contributed by atoms with Crippen molar-refractivity contribution < 1.29 is 14.3 Å². The Balaban J connectivity index is 1.84. The van der Waals surface area contributed by atoms with Gasteiger partial charge >= 0.3 is 0 Å². The molecule has 2 unspecified atom stereocenters. The number of benzene rings is 1. The Morgan fingerprint density at radius 1 is 1.25 bits per heavy atom. The highest BCUT2D eigenvalue weighted by molar-refractivity contribution is 7.10. The van der Waals surface area contributed by atoms with Crippen LogP contribution in [0.25, 0.3) is 0 Å². The zero-order valence-electron chi connectivity index (χ0n) is 11.5. The SMILES string of the molecule is COc1ccc(OC)c(C(=O)C2CC2c2cccs2)c1. The first kappa shape index (κ1) is 13.2. The van der Waals surface area contributed by atoms with Gasteiger partial charge in [-0.25, -0.2) is 0 Å². The zero-order valence-corrected chi connectivity index (χ0v) is 12.3. The molecule has 1 aromatic carbocycles. The van der Waals surface area contributed by atoms with Crippen LogP contribution in [0.1, 0.15) is 27.6 Å². The van der Waals surface area contributed by atoms with E-state index in [2.05, 4.69) is 11.4 Å². The van der Waals surface area contributed by atoms with Gasteiger partial charge in [0.2, 0.25) is 0 Å². The van der Waals surface area contributed by atoms with Crippen molar-refractivity contribution in [2.24, 2.45) is 5.92 Å². The summed E-state index contributed by atoms with van der Waals surface area (Å²) < 4.78 is 10.5. The molecule has 3 rings (SSSR count). The maximum absolute atomic E-state index is 12.6. The summed E-state index contributed by atoms with van der Waals surface area (Å²) in [6, 6.07) is 9.50. The number of ketones is 1. The molecule has 0 aliphatic heterocycles. The van der Waals surface area contributed by atoms with Gasteiger partial charge in [-0.1, -0.05) is 6.07 Å². The molecule has 20 heavy (non-hydrogen) atoms. The highest BCUT2D eigenvalue weighted by Gasteiger charge is 2.45. The van der Waals surface area contributed by atoms with Crippen LogP contribution in [-0.4, -0.2) is 20.0 Å². The van der Waals surface area contributed by atoms with E-state index in [-0.39, 0.29) is 11.7 Å². The number of methoxy groups -OCH3 is 2. The number of hydrogen-bond donors (Lipinski definition) is 0. The van der Waals surface area contributed by atoms with Crippen LogP contribution < -0.4 is 9.47 Å². The first-order valence-electron chi connectivity index (χ1n) is 6.54. The molecule has 0 amide bonds. The highest BCUT2D eigenvalue weighted by atomic mass is 32.1. The molecule has 2 atom stereocenters. The number of carbonyl (C=O) groups excluding carboxylic acids is 1. The van der Waals surface area contributed by atoms with Crippen LogP contribution in [0.3, 0.4) is 0 Å². The fourth-order valence-corrected chi connectivity index (χ4v) is 3.41. The van der Waals surface area contributed by atoms with E-state index < -0.39 is 0 Å². The fourth-order valence-electron chi connectivity index (χ4n) is 2.51.